The molecule has 96 valence electrons. The van der Waals surface area contributed by atoms with Crippen molar-refractivity contribution in [3.05, 3.63) is 12.2 Å². The van der Waals surface area contributed by atoms with E-state index in [0.29, 0.717) is 6.61 Å². The zero-order valence-corrected chi connectivity index (χ0v) is 11.9. The van der Waals surface area contributed by atoms with Crippen LogP contribution in [-0.4, -0.2) is 43.3 Å². The molecule has 0 aliphatic heterocycles. The van der Waals surface area contributed by atoms with Crippen molar-refractivity contribution in [2.45, 2.75) is 25.8 Å². The fourth-order valence-corrected chi connectivity index (χ4v) is 3.14. The summed E-state index contributed by atoms with van der Waals surface area (Å²) < 4.78 is 21.4. The largest absolute Gasteiger partial charge is 0.500 e. The van der Waals surface area contributed by atoms with Crippen LogP contribution < -0.4 is 0 Å². The molecule has 0 aromatic rings. The molecular formula is C11H24O4Si. The Kier molecular flexibility index (Phi) is 8.78. The lowest BCUT2D eigenvalue weighted by Gasteiger charge is -2.24. The highest BCUT2D eigenvalue weighted by atomic mass is 28.4. The zero-order valence-electron chi connectivity index (χ0n) is 10.9. The van der Waals surface area contributed by atoms with Gasteiger partial charge in [-0.05, 0) is 19.8 Å². The summed E-state index contributed by atoms with van der Waals surface area (Å²) in [4.78, 5) is 0. The fraction of sp³-hybridized carbons (Fsp3) is 0.818. The second-order valence-electron chi connectivity index (χ2n) is 3.76. The van der Waals surface area contributed by atoms with Crippen LogP contribution in [0, 0.1) is 0 Å². The van der Waals surface area contributed by atoms with E-state index >= 15 is 0 Å². The van der Waals surface area contributed by atoms with Gasteiger partial charge in [0.25, 0.3) is 0 Å². The van der Waals surface area contributed by atoms with E-state index < -0.39 is 8.80 Å². The molecule has 0 unspecified atom stereocenters. The molecule has 0 radical (unpaired) electrons. The first-order valence-corrected chi connectivity index (χ1v) is 7.41. The molecule has 0 N–H and O–H groups in total. The van der Waals surface area contributed by atoms with Crippen molar-refractivity contribution in [3.63, 3.8) is 0 Å². The minimum Gasteiger partial charge on any atom is -0.377 e. The lowest BCUT2D eigenvalue weighted by molar-refractivity contribution is 0.119. The van der Waals surface area contributed by atoms with E-state index in [1.807, 2.05) is 6.92 Å². The predicted octanol–water partition coefficient (Wildman–Crippen LogP) is 2.24. The van der Waals surface area contributed by atoms with E-state index in [4.69, 9.17) is 18.0 Å². The van der Waals surface area contributed by atoms with Crippen molar-refractivity contribution >= 4 is 8.80 Å². The number of rotatable bonds is 10. The summed E-state index contributed by atoms with van der Waals surface area (Å²) in [6.07, 6.45) is 1.97. The molecule has 5 heteroatoms. The Balaban J connectivity index is 3.59. The number of hydrogen-bond acceptors (Lipinski definition) is 4. The molecule has 0 fully saturated rings. The maximum Gasteiger partial charge on any atom is 0.500 e. The van der Waals surface area contributed by atoms with Gasteiger partial charge < -0.3 is 18.0 Å². The summed E-state index contributed by atoms with van der Waals surface area (Å²) in [7, 11) is 2.53. The monoisotopic (exact) mass is 248 g/mol. The molecule has 0 bridgehead atoms. The molecule has 0 heterocycles. The first-order chi connectivity index (χ1) is 7.60. The average molecular weight is 248 g/mol. The van der Waals surface area contributed by atoms with Gasteiger partial charge in [-0.25, -0.2) is 0 Å². The molecular weight excluding hydrogens is 224 g/mol. The van der Waals surface area contributed by atoms with Gasteiger partial charge in [-0.2, -0.15) is 0 Å². The Morgan fingerprint density at radius 3 is 2.06 bits per heavy atom. The van der Waals surface area contributed by atoms with Crippen molar-refractivity contribution in [2.24, 2.45) is 0 Å². The van der Waals surface area contributed by atoms with Crippen LogP contribution in [-0.2, 0) is 18.0 Å². The van der Waals surface area contributed by atoms with E-state index in [-0.39, 0.29) is 0 Å². The predicted molar refractivity (Wildman–Crippen MR) is 66.5 cm³/mol. The third kappa shape index (κ3) is 6.39. The van der Waals surface area contributed by atoms with Gasteiger partial charge >= 0.3 is 8.80 Å². The van der Waals surface area contributed by atoms with E-state index in [9.17, 15) is 0 Å². The molecule has 0 saturated heterocycles. The summed E-state index contributed by atoms with van der Waals surface area (Å²) in [5, 5.41) is 0. The molecule has 0 atom stereocenters. The quantitative estimate of drug-likeness (QED) is 0.337. The molecule has 0 saturated carbocycles. The number of hydrogen-bond donors (Lipinski definition) is 0. The molecule has 0 spiro atoms. The van der Waals surface area contributed by atoms with Crippen LogP contribution in [0.25, 0.3) is 0 Å². The van der Waals surface area contributed by atoms with Crippen LogP contribution in [0.5, 0.6) is 0 Å². The first kappa shape index (κ1) is 15.8. The standard InChI is InChI=1S/C11H24O4Si/c1-11(2)10-15-8-6-7-9-16(12-3,13-4)14-5/h1,6-10H2,2-5H3. The average Bonchev–Trinajstić information content (AvgIpc) is 2.29. The SMILES string of the molecule is C=C(C)COCCCC[Si](OC)(OC)OC. The van der Waals surface area contributed by atoms with E-state index in [1.54, 1.807) is 21.3 Å². The van der Waals surface area contributed by atoms with Crippen LogP contribution in [0.1, 0.15) is 19.8 Å². The summed E-state index contributed by atoms with van der Waals surface area (Å²) in [5.41, 5.74) is 1.05. The summed E-state index contributed by atoms with van der Waals surface area (Å²) >= 11 is 0. The zero-order chi connectivity index (χ0) is 12.4. The lowest BCUT2D eigenvalue weighted by atomic mass is 10.3. The van der Waals surface area contributed by atoms with Crippen molar-refractivity contribution in [3.8, 4) is 0 Å². The Morgan fingerprint density at radius 1 is 1.06 bits per heavy atom. The molecule has 0 aliphatic rings. The highest BCUT2D eigenvalue weighted by Crippen LogP contribution is 2.16. The Labute approximate surface area is 99.9 Å². The molecule has 0 aromatic heterocycles. The van der Waals surface area contributed by atoms with Crippen LogP contribution >= 0.6 is 0 Å². The molecule has 0 rings (SSSR count). The third-order valence-electron chi connectivity index (χ3n) is 2.30. The van der Waals surface area contributed by atoms with Gasteiger partial charge in [-0.1, -0.05) is 12.2 Å². The molecule has 0 aromatic carbocycles. The fourth-order valence-electron chi connectivity index (χ4n) is 1.35. The van der Waals surface area contributed by atoms with Gasteiger partial charge in [0.15, 0.2) is 0 Å². The number of ether oxygens (including phenoxy) is 1. The summed E-state index contributed by atoms with van der Waals surface area (Å²) in [5.74, 6) is 0. The Hall–Kier alpha value is -0.203. The van der Waals surface area contributed by atoms with Crippen molar-refractivity contribution < 1.29 is 18.0 Å². The Bertz CT molecular complexity index is 184. The van der Waals surface area contributed by atoms with E-state index in [2.05, 4.69) is 6.58 Å². The van der Waals surface area contributed by atoms with Crippen LogP contribution in [0.2, 0.25) is 6.04 Å². The normalized spacial score (nSPS) is 11.8. The van der Waals surface area contributed by atoms with Gasteiger partial charge in [0.05, 0.1) is 6.61 Å². The van der Waals surface area contributed by atoms with Crippen LogP contribution in [0.4, 0.5) is 0 Å². The molecule has 0 aliphatic carbocycles. The maximum absolute atomic E-state index is 5.40. The van der Waals surface area contributed by atoms with Crippen molar-refractivity contribution in [2.75, 3.05) is 34.5 Å². The number of unbranched alkanes of at least 4 members (excludes halogenated alkanes) is 1. The molecule has 4 nitrogen and oxygen atoms in total. The molecule has 16 heavy (non-hydrogen) atoms. The highest BCUT2D eigenvalue weighted by molar-refractivity contribution is 6.60. The molecule has 0 amide bonds. The lowest BCUT2D eigenvalue weighted by Crippen LogP contribution is -2.42. The van der Waals surface area contributed by atoms with Crippen LogP contribution in [0.15, 0.2) is 12.2 Å². The van der Waals surface area contributed by atoms with Gasteiger partial charge in [0, 0.05) is 34.0 Å². The van der Waals surface area contributed by atoms with Crippen molar-refractivity contribution in [1.82, 2.24) is 0 Å². The van der Waals surface area contributed by atoms with Gasteiger partial charge in [0.2, 0.25) is 0 Å². The topological polar surface area (TPSA) is 36.9 Å². The smallest absolute Gasteiger partial charge is 0.377 e. The summed E-state index contributed by atoms with van der Waals surface area (Å²) in [6.45, 7) is 7.12. The van der Waals surface area contributed by atoms with Gasteiger partial charge in [-0.3, -0.25) is 0 Å². The van der Waals surface area contributed by atoms with Crippen LogP contribution in [0.3, 0.4) is 0 Å². The first-order valence-electron chi connectivity index (χ1n) is 5.48. The highest BCUT2D eigenvalue weighted by Gasteiger charge is 2.36. The third-order valence-corrected chi connectivity index (χ3v) is 5.14. The maximum atomic E-state index is 5.40. The van der Waals surface area contributed by atoms with Gasteiger partial charge in [0.1, 0.15) is 0 Å². The van der Waals surface area contributed by atoms with Gasteiger partial charge in [-0.15, -0.1) is 0 Å². The Morgan fingerprint density at radius 2 is 1.62 bits per heavy atom. The van der Waals surface area contributed by atoms with E-state index in [0.717, 1.165) is 31.1 Å². The summed E-state index contributed by atoms with van der Waals surface area (Å²) in [6, 6.07) is 0.826. The van der Waals surface area contributed by atoms with Crippen molar-refractivity contribution in [1.29, 1.82) is 0 Å². The minimum atomic E-state index is -2.37. The minimum absolute atomic E-state index is 0.640. The second kappa shape index (κ2) is 8.89. The van der Waals surface area contributed by atoms with E-state index in [1.165, 1.54) is 0 Å². The second-order valence-corrected chi connectivity index (χ2v) is 6.85.